The number of hydrogen-bond donors (Lipinski definition) is 0. The lowest BCUT2D eigenvalue weighted by Crippen LogP contribution is -1.78. The van der Waals surface area contributed by atoms with Gasteiger partial charge in [-0.15, -0.1) is 4.98 Å². The molecule has 1 aromatic carbocycles. The van der Waals surface area contributed by atoms with Crippen LogP contribution in [0.5, 0.6) is 0 Å². The summed E-state index contributed by atoms with van der Waals surface area (Å²) in [6, 6.07) is 9.39. The molecule has 0 amide bonds. The highest BCUT2D eigenvalue weighted by Crippen LogP contribution is 2.24. The molecule has 2 nitrogen and oxygen atoms in total. The topological polar surface area (TPSA) is 17.2 Å². The first-order chi connectivity index (χ1) is 6.31. The third-order valence-electron chi connectivity index (χ3n) is 1.78. The molecule has 62 valence electrons. The van der Waals surface area contributed by atoms with Crippen molar-refractivity contribution in [2.75, 3.05) is 0 Å². The molecule has 0 saturated carbocycles. The average Bonchev–Trinajstić information content (AvgIpc) is 2.18. The molecule has 0 bridgehead atoms. The molecule has 13 heavy (non-hydrogen) atoms. The molecule has 0 saturated heterocycles. The minimum atomic E-state index is 0.436. The van der Waals surface area contributed by atoms with E-state index in [1.165, 1.54) is 0 Å². The van der Waals surface area contributed by atoms with Gasteiger partial charge in [0.05, 0.1) is 0 Å². The summed E-state index contributed by atoms with van der Waals surface area (Å²) in [5.41, 5.74) is 0.850. The first-order valence-corrected chi connectivity index (χ1v) is 4.53. The van der Waals surface area contributed by atoms with E-state index in [1.54, 1.807) is 6.07 Å². The average molecular weight is 233 g/mol. The lowest BCUT2D eigenvalue weighted by Gasteiger charge is -1.96. The number of rotatable bonds is 0. The SMILES string of the molecule is [C-]#[N+]c1ccc2c(Br)cccc2n1. The largest absolute Gasteiger partial charge is 0.361 e. The van der Waals surface area contributed by atoms with Gasteiger partial charge < -0.3 is 4.85 Å². The van der Waals surface area contributed by atoms with Gasteiger partial charge in [0.15, 0.2) is 5.52 Å². The van der Waals surface area contributed by atoms with Crippen molar-refractivity contribution in [1.82, 2.24) is 4.98 Å². The fraction of sp³-hybridized carbons (Fsp3) is 0. The third kappa shape index (κ3) is 1.41. The van der Waals surface area contributed by atoms with Crippen LogP contribution in [0.25, 0.3) is 15.7 Å². The smallest absolute Gasteiger partial charge is 0.270 e. The van der Waals surface area contributed by atoms with Crippen molar-refractivity contribution in [2.24, 2.45) is 0 Å². The summed E-state index contributed by atoms with van der Waals surface area (Å²) in [7, 11) is 0. The van der Waals surface area contributed by atoms with Gasteiger partial charge >= 0.3 is 0 Å². The Morgan fingerprint density at radius 3 is 2.85 bits per heavy atom. The second-order valence-corrected chi connectivity index (χ2v) is 3.44. The first kappa shape index (κ1) is 8.21. The highest BCUT2D eigenvalue weighted by molar-refractivity contribution is 9.10. The number of hydrogen-bond acceptors (Lipinski definition) is 1. The quantitative estimate of drug-likeness (QED) is 0.636. The van der Waals surface area contributed by atoms with Gasteiger partial charge in [0, 0.05) is 9.86 Å². The van der Waals surface area contributed by atoms with Crippen molar-refractivity contribution in [2.45, 2.75) is 0 Å². The molecule has 1 aromatic heterocycles. The number of aromatic nitrogens is 1. The minimum Gasteiger partial charge on any atom is -0.361 e. The molecule has 0 aliphatic carbocycles. The van der Waals surface area contributed by atoms with Crippen molar-refractivity contribution in [3.05, 3.63) is 46.2 Å². The van der Waals surface area contributed by atoms with E-state index in [-0.39, 0.29) is 0 Å². The summed E-state index contributed by atoms with van der Waals surface area (Å²) in [6.07, 6.45) is 0. The van der Waals surface area contributed by atoms with Crippen LogP contribution in [0.3, 0.4) is 0 Å². The molecule has 0 aliphatic heterocycles. The van der Waals surface area contributed by atoms with Gasteiger partial charge in [-0.3, -0.25) is 0 Å². The monoisotopic (exact) mass is 232 g/mol. The number of nitrogens with zero attached hydrogens (tertiary/aromatic N) is 2. The number of benzene rings is 1. The number of pyridine rings is 1. The normalized spacial score (nSPS) is 9.85. The van der Waals surface area contributed by atoms with E-state index >= 15 is 0 Å². The summed E-state index contributed by atoms with van der Waals surface area (Å²) >= 11 is 3.43. The van der Waals surface area contributed by atoms with E-state index in [1.807, 2.05) is 24.3 Å². The fourth-order valence-corrected chi connectivity index (χ4v) is 1.66. The van der Waals surface area contributed by atoms with Crippen LogP contribution in [0.1, 0.15) is 0 Å². The summed E-state index contributed by atoms with van der Waals surface area (Å²) < 4.78 is 1.01. The Labute approximate surface area is 84.2 Å². The Morgan fingerprint density at radius 2 is 2.08 bits per heavy atom. The van der Waals surface area contributed by atoms with Crippen molar-refractivity contribution in [3.63, 3.8) is 0 Å². The zero-order valence-electron chi connectivity index (χ0n) is 6.66. The highest BCUT2D eigenvalue weighted by atomic mass is 79.9. The van der Waals surface area contributed by atoms with E-state index in [0.717, 1.165) is 15.4 Å². The molecule has 0 aliphatic rings. The maximum Gasteiger partial charge on any atom is 0.270 e. The standard InChI is InChI=1S/C10H5BrN2/c1-12-10-6-5-7-8(11)3-2-4-9(7)13-10/h2-6H. The second-order valence-electron chi connectivity index (χ2n) is 2.59. The van der Waals surface area contributed by atoms with Gasteiger partial charge in [0.1, 0.15) is 0 Å². The molecule has 0 radical (unpaired) electrons. The molecule has 2 rings (SSSR count). The van der Waals surface area contributed by atoms with E-state index in [0.29, 0.717) is 5.82 Å². The Morgan fingerprint density at radius 1 is 1.23 bits per heavy atom. The van der Waals surface area contributed by atoms with Crippen LogP contribution in [0, 0.1) is 6.57 Å². The van der Waals surface area contributed by atoms with E-state index < -0.39 is 0 Å². The zero-order valence-corrected chi connectivity index (χ0v) is 8.25. The summed E-state index contributed by atoms with van der Waals surface area (Å²) in [5.74, 6) is 0.436. The van der Waals surface area contributed by atoms with Crippen LogP contribution in [0.15, 0.2) is 34.8 Å². The molecule has 0 unspecified atom stereocenters. The van der Waals surface area contributed by atoms with Gasteiger partial charge in [-0.1, -0.05) is 34.6 Å². The predicted molar refractivity (Wildman–Crippen MR) is 55.7 cm³/mol. The molecule has 0 N–H and O–H groups in total. The lowest BCUT2D eigenvalue weighted by molar-refractivity contribution is 1.43. The molecular formula is C10H5BrN2. The Hall–Kier alpha value is -1.40. The predicted octanol–water partition coefficient (Wildman–Crippen LogP) is 3.55. The highest BCUT2D eigenvalue weighted by Gasteiger charge is 2.02. The summed E-state index contributed by atoms with van der Waals surface area (Å²) in [6.45, 7) is 6.82. The molecule has 0 spiro atoms. The minimum absolute atomic E-state index is 0.436. The van der Waals surface area contributed by atoms with Gasteiger partial charge in [-0.25, -0.2) is 0 Å². The van der Waals surface area contributed by atoms with Crippen molar-refractivity contribution in [1.29, 1.82) is 0 Å². The summed E-state index contributed by atoms with van der Waals surface area (Å²) in [5, 5.41) is 1.04. The van der Waals surface area contributed by atoms with Crippen molar-refractivity contribution in [3.8, 4) is 0 Å². The molecule has 2 aromatic rings. The fourth-order valence-electron chi connectivity index (χ4n) is 1.17. The molecule has 3 heteroatoms. The van der Waals surface area contributed by atoms with Gasteiger partial charge in [-0.2, -0.15) is 0 Å². The number of halogens is 1. The maximum absolute atomic E-state index is 6.82. The third-order valence-corrected chi connectivity index (χ3v) is 2.47. The second kappa shape index (κ2) is 3.15. The molecule has 0 atom stereocenters. The lowest BCUT2D eigenvalue weighted by atomic mass is 10.2. The maximum atomic E-state index is 6.82. The van der Waals surface area contributed by atoms with E-state index in [9.17, 15) is 0 Å². The first-order valence-electron chi connectivity index (χ1n) is 3.74. The Kier molecular flexibility index (Phi) is 1.99. The molecule has 0 fully saturated rings. The molecule has 1 heterocycles. The summed E-state index contributed by atoms with van der Waals surface area (Å²) in [4.78, 5) is 7.44. The van der Waals surface area contributed by atoms with Crippen LogP contribution in [0.4, 0.5) is 5.82 Å². The Bertz CT molecular complexity index is 500. The Balaban J connectivity index is 2.82. The van der Waals surface area contributed by atoms with Crippen molar-refractivity contribution >= 4 is 32.7 Å². The van der Waals surface area contributed by atoms with E-state index in [2.05, 4.69) is 25.8 Å². The molecular weight excluding hydrogens is 228 g/mol. The van der Waals surface area contributed by atoms with Crippen LogP contribution in [0.2, 0.25) is 0 Å². The van der Waals surface area contributed by atoms with Crippen LogP contribution in [-0.4, -0.2) is 4.98 Å². The van der Waals surface area contributed by atoms with Crippen LogP contribution in [-0.2, 0) is 0 Å². The van der Waals surface area contributed by atoms with Crippen LogP contribution >= 0.6 is 15.9 Å². The van der Waals surface area contributed by atoms with Crippen LogP contribution < -0.4 is 0 Å². The van der Waals surface area contributed by atoms with E-state index in [4.69, 9.17) is 6.57 Å². The van der Waals surface area contributed by atoms with Gasteiger partial charge in [-0.05, 0) is 18.2 Å². The van der Waals surface area contributed by atoms with Gasteiger partial charge in [0.25, 0.3) is 5.82 Å². The number of fused-ring (bicyclic) bond motifs is 1. The van der Waals surface area contributed by atoms with Gasteiger partial charge in [0.2, 0.25) is 0 Å². The van der Waals surface area contributed by atoms with Crippen molar-refractivity contribution < 1.29 is 0 Å². The zero-order chi connectivity index (χ0) is 9.26.